The van der Waals surface area contributed by atoms with Crippen LogP contribution in [0.4, 0.5) is 26.8 Å². The largest absolute Gasteiger partial charge is 0.444 e. The van der Waals surface area contributed by atoms with E-state index in [9.17, 15) is 9.59 Å². The Hall–Kier alpha value is -2.87. The Labute approximate surface area is 167 Å². The number of cyclic esters (lactones) is 1. The van der Waals surface area contributed by atoms with E-state index in [4.69, 9.17) is 21.1 Å². The van der Waals surface area contributed by atoms with Gasteiger partial charge in [0.05, 0.1) is 11.3 Å². The van der Waals surface area contributed by atoms with Crippen molar-refractivity contribution in [3.8, 4) is 0 Å². The van der Waals surface area contributed by atoms with Crippen LogP contribution in [0.1, 0.15) is 40.2 Å². The lowest BCUT2D eigenvalue weighted by atomic mass is 9.98. The van der Waals surface area contributed by atoms with Gasteiger partial charge in [-0.05, 0) is 64.4 Å². The van der Waals surface area contributed by atoms with E-state index in [1.165, 1.54) is 11.1 Å². The first-order chi connectivity index (χ1) is 13.0. The molecule has 3 rings (SSSR count). The van der Waals surface area contributed by atoms with Gasteiger partial charge in [-0.2, -0.15) is 4.98 Å². The van der Waals surface area contributed by atoms with Gasteiger partial charge in [-0.3, -0.25) is 5.32 Å². The predicted octanol–water partition coefficient (Wildman–Crippen LogP) is 5.00. The first-order valence-electron chi connectivity index (χ1n) is 8.62. The number of ether oxygens (including phenoxy) is 2. The third-order valence-electron chi connectivity index (χ3n) is 3.87. The van der Waals surface area contributed by atoms with Gasteiger partial charge in [0.25, 0.3) is 0 Å². The van der Waals surface area contributed by atoms with Crippen molar-refractivity contribution in [3.05, 3.63) is 41.3 Å². The van der Waals surface area contributed by atoms with Crippen molar-refractivity contribution in [2.75, 3.05) is 10.2 Å². The van der Waals surface area contributed by atoms with E-state index in [0.29, 0.717) is 22.8 Å². The minimum absolute atomic E-state index is 0.0114. The summed E-state index contributed by atoms with van der Waals surface area (Å²) >= 11 is 5.96. The molecule has 9 heteroatoms. The lowest BCUT2D eigenvalue weighted by Gasteiger charge is -2.37. The van der Waals surface area contributed by atoms with Crippen LogP contribution in [0.15, 0.2) is 30.5 Å². The van der Waals surface area contributed by atoms with Crippen molar-refractivity contribution in [3.63, 3.8) is 0 Å². The molecule has 0 saturated heterocycles. The van der Waals surface area contributed by atoms with Crippen LogP contribution in [-0.4, -0.2) is 27.8 Å². The Kier molecular flexibility index (Phi) is 4.93. The average Bonchev–Trinajstić information content (AvgIpc) is 2.52. The Balaban J connectivity index is 1.97. The highest BCUT2D eigenvalue weighted by molar-refractivity contribution is 6.28. The van der Waals surface area contributed by atoms with Gasteiger partial charge < -0.3 is 9.47 Å². The molecule has 1 aromatic carbocycles. The molecular formula is C19H21ClN4O4. The molecule has 28 heavy (non-hydrogen) atoms. The maximum Gasteiger partial charge on any atom is 0.421 e. The van der Waals surface area contributed by atoms with Crippen molar-refractivity contribution in [1.29, 1.82) is 0 Å². The number of anilines is 3. The zero-order chi connectivity index (χ0) is 20.7. The molecule has 8 nitrogen and oxygen atoms in total. The standard InChI is InChI=1S/C19H21ClN4O4/c1-18(2,3)27-16(25)22-11-7-6-8-12(9-11)24-14-13(10-21-15(20)23-14)19(4,5)28-17(24)26/h6-10H,1-5H3,(H,22,25). The molecule has 1 aliphatic heterocycles. The van der Waals surface area contributed by atoms with E-state index in [1.54, 1.807) is 58.9 Å². The quantitative estimate of drug-likeness (QED) is 0.708. The van der Waals surface area contributed by atoms with Crippen LogP contribution in [0.25, 0.3) is 0 Å². The summed E-state index contributed by atoms with van der Waals surface area (Å²) in [5.41, 5.74) is -0.0191. The number of carbonyl (C=O) groups is 2. The number of fused-ring (bicyclic) bond motifs is 1. The van der Waals surface area contributed by atoms with E-state index in [0.717, 1.165) is 0 Å². The Morgan fingerprint density at radius 2 is 2.04 bits per heavy atom. The molecule has 0 radical (unpaired) electrons. The normalized spacial score (nSPS) is 15.5. The molecule has 2 amide bonds. The molecule has 1 aliphatic rings. The Morgan fingerprint density at radius 3 is 2.71 bits per heavy atom. The summed E-state index contributed by atoms with van der Waals surface area (Å²) < 4.78 is 10.8. The smallest absolute Gasteiger partial charge is 0.421 e. The summed E-state index contributed by atoms with van der Waals surface area (Å²) in [6.45, 7) is 8.82. The lowest BCUT2D eigenvalue weighted by molar-refractivity contribution is 0.0365. The van der Waals surface area contributed by atoms with Crippen molar-refractivity contribution in [2.24, 2.45) is 0 Å². The second-order valence-electron chi connectivity index (χ2n) is 7.77. The molecular weight excluding hydrogens is 384 g/mol. The highest BCUT2D eigenvalue weighted by atomic mass is 35.5. The summed E-state index contributed by atoms with van der Waals surface area (Å²) in [5, 5.41) is 2.66. The molecule has 0 spiro atoms. The molecule has 0 atom stereocenters. The molecule has 0 saturated carbocycles. The fourth-order valence-electron chi connectivity index (χ4n) is 2.72. The summed E-state index contributed by atoms with van der Waals surface area (Å²) in [6.07, 6.45) is 0.326. The summed E-state index contributed by atoms with van der Waals surface area (Å²) in [7, 11) is 0. The van der Waals surface area contributed by atoms with Crippen molar-refractivity contribution >= 4 is 41.0 Å². The maximum atomic E-state index is 12.7. The number of aromatic nitrogens is 2. The Morgan fingerprint density at radius 1 is 1.32 bits per heavy atom. The number of halogens is 1. The van der Waals surface area contributed by atoms with Crippen LogP contribution in [0.3, 0.4) is 0 Å². The third kappa shape index (κ3) is 4.17. The van der Waals surface area contributed by atoms with Gasteiger partial charge in [0.2, 0.25) is 5.28 Å². The average molecular weight is 405 g/mol. The molecule has 1 N–H and O–H groups in total. The van der Waals surface area contributed by atoms with E-state index in [2.05, 4.69) is 15.3 Å². The van der Waals surface area contributed by atoms with E-state index in [-0.39, 0.29) is 5.28 Å². The molecule has 0 aliphatic carbocycles. The summed E-state index contributed by atoms with van der Waals surface area (Å²) in [4.78, 5) is 34.2. The second-order valence-corrected chi connectivity index (χ2v) is 8.11. The molecule has 0 unspecified atom stereocenters. The maximum absolute atomic E-state index is 12.7. The van der Waals surface area contributed by atoms with Crippen molar-refractivity contribution in [2.45, 2.75) is 45.8 Å². The van der Waals surface area contributed by atoms with Crippen LogP contribution >= 0.6 is 11.6 Å². The van der Waals surface area contributed by atoms with Crippen LogP contribution in [-0.2, 0) is 15.1 Å². The number of rotatable bonds is 2. The second kappa shape index (κ2) is 6.94. The highest BCUT2D eigenvalue weighted by Gasteiger charge is 2.40. The van der Waals surface area contributed by atoms with Gasteiger partial charge in [-0.15, -0.1) is 0 Å². The van der Waals surface area contributed by atoms with E-state index >= 15 is 0 Å². The van der Waals surface area contributed by atoms with Crippen LogP contribution in [0, 0.1) is 0 Å². The minimum atomic E-state index is -0.903. The zero-order valence-corrected chi connectivity index (χ0v) is 17.0. The predicted molar refractivity (Wildman–Crippen MR) is 105 cm³/mol. The number of nitrogens with zero attached hydrogens (tertiary/aromatic N) is 3. The summed E-state index contributed by atoms with van der Waals surface area (Å²) in [6, 6.07) is 6.68. The fraction of sp³-hybridized carbons (Fsp3) is 0.368. The third-order valence-corrected chi connectivity index (χ3v) is 4.06. The highest BCUT2D eigenvalue weighted by Crippen LogP contribution is 2.41. The van der Waals surface area contributed by atoms with E-state index in [1.807, 2.05) is 0 Å². The number of benzene rings is 1. The zero-order valence-electron chi connectivity index (χ0n) is 16.2. The SMILES string of the molecule is CC(C)(C)OC(=O)Nc1cccc(N2C(=O)OC(C)(C)c3cnc(Cl)nc32)c1. The molecule has 1 aromatic heterocycles. The first kappa shape index (κ1) is 19.9. The summed E-state index contributed by atoms with van der Waals surface area (Å²) in [5.74, 6) is 0.329. The van der Waals surface area contributed by atoms with Crippen LogP contribution < -0.4 is 10.2 Å². The molecule has 2 heterocycles. The molecule has 0 bridgehead atoms. The van der Waals surface area contributed by atoms with Gasteiger partial charge in [0, 0.05) is 11.9 Å². The van der Waals surface area contributed by atoms with E-state index < -0.39 is 23.4 Å². The fourth-order valence-corrected chi connectivity index (χ4v) is 2.85. The number of hydrogen-bond acceptors (Lipinski definition) is 6. The number of nitrogens with one attached hydrogen (secondary N) is 1. The number of hydrogen-bond donors (Lipinski definition) is 1. The monoisotopic (exact) mass is 404 g/mol. The van der Waals surface area contributed by atoms with Crippen LogP contribution in [0.5, 0.6) is 0 Å². The topological polar surface area (TPSA) is 93.7 Å². The van der Waals surface area contributed by atoms with Crippen LogP contribution in [0.2, 0.25) is 5.28 Å². The number of amides is 2. The van der Waals surface area contributed by atoms with Gasteiger partial charge in [0.15, 0.2) is 5.82 Å². The van der Waals surface area contributed by atoms with Gasteiger partial charge in [0.1, 0.15) is 11.2 Å². The minimum Gasteiger partial charge on any atom is -0.444 e. The van der Waals surface area contributed by atoms with Gasteiger partial charge in [-0.1, -0.05) is 6.07 Å². The van der Waals surface area contributed by atoms with Gasteiger partial charge in [-0.25, -0.2) is 19.5 Å². The van der Waals surface area contributed by atoms with Crippen molar-refractivity contribution in [1.82, 2.24) is 9.97 Å². The van der Waals surface area contributed by atoms with Gasteiger partial charge >= 0.3 is 12.2 Å². The molecule has 2 aromatic rings. The Bertz CT molecular complexity index is 940. The molecule has 148 valence electrons. The van der Waals surface area contributed by atoms with Crippen molar-refractivity contribution < 1.29 is 19.1 Å². The molecule has 0 fully saturated rings. The first-order valence-corrected chi connectivity index (χ1v) is 9.00. The number of carbonyl (C=O) groups excluding carboxylic acids is 2. The lowest BCUT2D eigenvalue weighted by Crippen LogP contribution is -2.41.